The molecule has 0 fully saturated rings. The highest BCUT2D eigenvalue weighted by Crippen LogP contribution is 2.19. The quantitative estimate of drug-likeness (QED) is 0.424. The summed E-state index contributed by atoms with van der Waals surface area (Å²) in [6, 6.07) is 4.75. The van der Waals surface area contributed by atoms with Crippen LogP contribution in [0.1, 0.15) is 11.1 Å². The summed E-state index contributed by atoms with van der Waals surface area (Å²) >= 11 is 0. The topological polar surface area (TPSA) is 104 Å². The fourth-order valence-electron chi connectivity index (χ4n) is 1.64. The summed E-state index contributed by atoms with van der Waals surface area (Å²) in [6.07, 6.45) is -2.57. The van der Waals surface area contributed by atoms with E-state index in [-0.39, 0.29) is 12.3 Å². The molecule has 2 unspecified atom stereocenters. The maximum atomic E-state index is 9.58. The van der Waals surface area contributed by atoms with Crippen LogP contribution in [0.4, 0.5) is 0 Å². The summed E-state index contributed by atoms with van der Waals surface area (Å²) in [5.74, 6) is 0.0764. The number of phenolic OH excluding ortho intramolecular Hbond substituents is 1. The van der Waals surface area contributed by atoms with Gasteiger partial charge in [0, 0.05) is 6.54 Å². The van der Waals surface area contributed by atoms with Gasteiger partial charge in [-0.05, 0) is 30.2 Å². The van der Waals surface area contributed by atoms with Crippen LogP contribution in [0.15, 0.2) is 18.2 Å². The Labute approximate surface area is 105 Å². The van der Waals surface area contributed by atoms with Crippen LogP contribution in [-0.2, 0) is 6.54 Å². The zero-order valence-corrected chi connectivity index (χ0v) is 10.2. The highest BCUT2D eigenvalue weighted by molar-refractivity contribution is 5.33. The van der Waals surface area contributed by atoms with Crippen LogP contribution in [0.25, 0.3) is 0 Å². The van der Waals surface area contributed by atoms with E-state index in [0.717, 1.165) is 10.5 Å². The lowest BCUT2D eigenvalue weighted by Gasteiger charge is -2.30. The molecule has 0 aliphatic heterocycles. The van der Waals surface area contributed by atoms with E-state index < -0.39 is 25.7 Å². The van der Waals surface area contributed by atoms with Gasteiger partial charge < -0.3 is 25.5 Å². The van der Waals surface area contributed by atoms with Gasteiger partial charge in [0.25, 0.3) is 0 Å². The Balaban J connectivity index is 2.91. The van der Waals surface area contributed by atoms with Crippen molar-refractivity contribution >= 4 is 0 Å². The summed E-state index contributed by atoms with van der Waals surface area (Å²) in [6.45, 7) is 0.803. The third-order valence-corrected chi connectivity index (χ3v) is 2.78. The molecular formula is C12H19NO5. The lowest BCUT2D eigenvalue weighted by molar-refractivity contribution is -0.138. The number of phenols is 1. The van der Waals surface area contributed by atoms with Crippen molar-refractivity contribution in [3.8, 4) is 5.75 Å². The first-order valence-electron chi connectivity index (χ1n) is 5.61. The van der Waals surface area contributed by atoms with Gasteiger partial charge in [-0.3, -0.25) is 0 Å². The lowest BCUT2D eigenvalue weighted by atomic mass is 10.1. The highest BCUT2D eigenvalue weighted by atomic mass is 16.4. The van der Waals surface area contributed by atoms with E-state index in [4.69, 9.17) is 10.2 Å². The number of rotatable bonds is 6. The molecule has 0 saturated heterocycles. The second-order valence-electron chi connectivity index (χ2n) is 4.11. The molecule has 0 amide bonds. The van der Waals surface area contributed by atoms with E-state index in [2.05, 4.69) is 0 Å². The van der Waals surface area contributed by atoms with E-state index >= 15 is 0 Å². The molecule has 5 N–H and O–H groups in total. The van der Waals surface area contributed by atoms with Crippen LogP contribution in [0.2, 0.25) is 0 Å². The second kappa shape index (κ2) is 6.67. The van der Waals surface area contributed by atoms with Crippen LogP contribution in [0.5, 0.6) is 5.75 Å². The molecule has 0 spiro atoms. The van der Waals surface area contributed by atoms with Gasteiger partial charge in [0.15, 0.2) is 0 Å². The highest BCUT2D eigenvalue weighted by Gasteiger charge is 2.23. The van der Waals surface area contributed by atoms with Gasteiger partial charge in [0.1, 0.15) is 18.2 Å². The average Bonchev–Trinajstić information content (AvgIpc) is 2.38. The SMILES string of the molecule is Cc1ccc(O)cc1CN(C(O)CO)C(O)CO. The predicted octanol–water partition coefficient (Wildman–Crippen LogP) is -0.876. The summed E-state index contributed by atoms with van der Waals surface area (Å²) in [5, 5.41) is 46.4. The molecule has 6 heteroatoms. The first-order chi connectivity index (χ1) is 8.49. The molecular weight excluding hydrogens is 238 g/mol. The monoisotopic (exact) mass is 257 g/mol. The normalized spacial score (nSPS) is 14.8. The van der Waals surface area contributed by atoms with Gasteiger partial charge in [0.05, 0.1) is 13.2 Å². The smallest absolute Gasteiger partial charge is 0.133 e. The first kappa shape index (κ1) is 14.9. The number of aliphatic hydroxyl groups excluding tert-OH is 4. The Kier molecular flexibility index (Phi) is 5.52. The number of aliphatic hydroxyl groups is 4. The van der Waals surface area contributed by atoms with Crippen molar-refractivity contribution in [1.29, 1.82) is 0 Å². The van der Waals surface area contributed by atoms with Crippen molar-refractivity contribution in [1.82, 2.24) is 4.90 Å². The fourth-order valence-corrected chi connectivity index (χ4v) is 1.64. The molecule has 0 radical (unpaired) electrons. The second-order valence-corrected chi connectivity index (χ2v) is 4.11. The Hall–Kier alpha value is -1.18. The van der Waals surface area contributed by atoms with Crippen LogP contribution >= 0.6 is 0 Å². The van der Waals surface area contributed by atoms with Gasteiger partial charge >= 0.3 is 0 Å². The summed E-state index contributed by atoms with van der Waals surface area (Å²) < 4.78 is 0. The van der Waals surface area contributed by atoms with E-state index in [1.165, 1.54) is 12.1 Å². The molecule has 0 bridgehead atoms. The zero-order valence-electron chi connectivity index (χ0n) is 10.2. The van der Waals surface area contributed by atoms with Gasteiger partial charge in [-0.15, -0.1) is 0 Å². The molecule has 18 heavy (non-hydrogen) atoms. The summed E-state index contributed by atoms with van der Waals surface area (Å²) in [4.78, 5) is 1.14. The van der Waals surface area contributed by atoms with E-state index in [9.17, 15) is 15.3 Å². The number of hydrogen-bond acceptors (Lipinski definition) is 6. The summed E-state index contributed by atoms with van der Waals surface area (Å²) in [7, 11) is 0. The number of benzene rings is 1. The number of aryl methyl sites for hydroxylation is 1. The van der Waals surface area contributed by atoms with Crippen molar-refractivity contribution in [3.05, 3.63) is 29.3 Å². The van der Waals surface area contributed by atoms with Crippen molar-refractivity contribution < 1.29 is 25.5 Å². The molecule has 0 aliphatic carbocycles. The van der Waals surface area contributed by atoms with Crippen LogP contribution in [0, 0.1) is 6.92 Å². The molecule has 2 atom stereocenters. The zero-order chi connectivity index (χ0) is 13.7. The van der Waals surface area contributed by atoms with Crippen molar-refractivity contribution in [2.24, 2.45) is 0 Å². The molecule has 1 aromatic carbocycles. The van der Waals surface area contributed by atoms with E-state index in [1.807, 2.05) is 6.92 Å². The Bertz CT molecular complexity index is 375. The Morgan fingerprint density at radius 3 is 2.17 bits per heavy atom. The fraction of sp³-hybridized carbons (Fsp3) is 0.500. The Morgan fingerprint density at radius 2 is 1.67 bits per heavy atom. The maximum Gasteiger partial charge on any atom is 0.133 e. The minimum atomic E-state index is -1.28. The van der Waals surface area contributed by atoms with Crippen molar-refractivity contribution in [2.45, 2.75) is 25.9 Å². The molecule has 0 saturated carbocycles. The molecule has 0 aliphatic rings. The molecule has 1 aromatic rings. The lowest BCUT2D eigenvalue weighted by Crippen LogP contribution is -2.46. The molecule has 6 nitrogen and oxygen atoms in total. The minimum Gasteiger partial charge on any atom is -0.508 e. The van der Waals surface area contributed by atoms with Crippen molar-refractivity contribution in [2.75, 3.05) is 13.2 Å². The maximum absolute atomic E-state index is 9.58. The van der Waals surface area contributed by atoms with Gasteiger partial charge in [-0.2, -0.15) is 0 Å². The van der Waals surface area contributed by atoms with Gasteiger partial charge in [-0.25, -0.2) is 4.90 Å². The molecule has 1 rings (SSSR count). The molecule has 102 valence electrons. The predicted molar refractivity (Wildman–Crippen MR) is 64.6 cm³/mol. The number of aromatic hydroxyl groups is 1. The van der Waals surface area contributed by atoms with Gasteiger partial charge in [0.2, 0.25) is 0 Å². The van der Waals surface area contributed by atoms with Gasteiger partial charge in [-0.1, -0.05) is 6.07 Å². The van der Waals surface area contributed by atoms with Crippen LogP contribution in [-0.4, -0.2) is 56.1 Å². The largest absolute Gasteiger partial charge is 0.508 e. The van der Waals surface area contributed by atoms with Crippen LogP contribution < -0.4 is 0 Å². The van der Waals surface area contributed by atoms with E-state index in [0.29, 0.717) is 5.56 Å². The average molecular weight is 257 g/mol. The number of hydrogen-bond donors (Lipinski definition) is 5. The molecule has 0 heterocycles. The van der Waals surface area contributed by atoms with Crippen molar-refractivity contribution in [3.63, 3.8) is 0 Å². The Morgan fingerprint density at radius 1 is 1.11 bits per heavy atom. The minimum absolute atomic E-state index is 0.0764. The molecule has 0 aromatic heterocycles. The first-order valence-corrected chi connectivity index (χ1v) is 5.61. The third-order valence-electron chi connectivity index (χ3n) is 2.78. The van der Waals surface area contributed by atoms with E-state index in [1.54, 1.807) is 6.07 Å². The van der Waals surface area contributed by atoms with Crippen LogP contribution in [0.3, 0.4) is 0 Å². The standard InChI is InChI=1S/C12H19NO5/c1-8-2-3-10(16)4-9(8)5-13(11(17)6-14)12(18)7-15/h2-4,11-12,14-18H,5-7H2,1H3. The third kappa shape index (κ3) is 3.66. The summed E-state index contributed by atoms with van der Waals surface area (Å²) in [5.41, 5.74) is 1.56. The number of nitrogens with zero attached hydrogens (tertiary/aromatic N) is 1.